The van der Waals surface area contributed by atoms with Gasteiger partial charge in [0.2, 0.25) is 0 Å². The first kappa shape index (κ1) is 15.4. The van der Waals surface area contributed by atoms with E-state index in [1.54, 1.807) is 18.6 Å². The van der Waals surface area contributed by atoms with Gasteiger partial charge in [0.25, 0.3) is 5.91 Å². The summed E-state index contributed by atoms with van der Waals surface area (Å²) < 4.78 is 5.47. The molecule has 1 atom stereocenters. The van der Waals surface area contributed by atoms with Crippen LogP contribution in [0.15, 0.2) is 18.6 Å². The van der Waals surface area contributed by atoms with E-state index in [2.05, 4.69) is 21.9 Å². The summed E-state index contributed by atoms with van der Waals surface area (Å²) in [6.45, 7) is 4.41. The summed E-state index contributed by atoms with van der Waals surface area (Å²) in [5.74, 6) is 0.454. The molecule has 0 radical (unpaired) electrons. The van der Waals surface area contributed by atoms with Crippen molar-refractivity contribution < 1.29 is 9.53 Å². The Bertz CT molecular complexity index is 482. The zero-order chi connectivity index (χ0) is 15.4. The van der Waals surface area contributed by atoms with E-state index in [1.807, 2.05) is 4.90 Å². The fraction of sp³-hybridized carbons (Fsp3) is 0.688. The summed E-state index contributed by atoms with van der Waals surface area (Å²) in [4.78, 5) is 25.4. The van der Waals surface area contributed by atoms with Crippen molar-refractivity contribution in [2.75, 3.05) is 39.9 Å². The molecule has 1 amide bonds. The first-order valence-electron chi connectivity index (χ1n) is 8.07. The second kappa shape index (κ2) is 7.15. The number of carbonyl (C=O) groups excluding carboxylic acids is 1. The van der Waals surface area contributed by atoms with Gasteiger partial charge in [0.1, 0.15) is 5.69 Å². The van der Waals surface area contributed by atoms with Crippen molar-refractivity contribution in [3.05, 3.63) is 24.3 Å². The second-order valence-electron chi connectivity index (χ2n) is 6.31. The summed E-state index contributed by atoms with van der Waals surface area (Å²) in [5, 5.41) is 0. The van der Waals surface area contributed by atoms with Crippen molar-refractivity contribution in [3.63, 3.8) is 0 Å². The summed E-state index contributed by atoms with van der Waals surface area (Å²) in [6, 6.07) is 0.298. The number of hydrogen-bond acceptors (Lipinski definition) is 5. The number of aromatic nitrogens is 2. The molecule has 0 bridgehead atoms. The van der Waals surface area contributed by atoms with E-state index in [-0.39, 0.29) is 5.91 Å². The number of nitrogens with zero attached hydrogens (tertiary/aromatic N) is 4. The van der Waals surface area contributed by atoms with Crippen molar-refractivity contribution in [1.82, 2.24) is 19.8 Å². The molecular weight excluding hydrogens is 280 g/mol. The lowest BCUT2D eigenvalue weighted by molar-refractivity contribution is 0.0530. The molecule has 3 rings (SSSR count). The van der Waals surface area contributed by atoms with Gasteiger partial charge in [0, 0.05) is 37.5 Å². The third kappa shape index (κ3) is 3.62. The average Bonchev–Trinajstić information content (AvgIpc) is 3.07. The summed E-state index contributed by atoms with van der Waals surface area (Å²) in [5.41, 5.74) is 0.445. The molecule has 0 saturated carbocycles. The zero-order valence-electron chi connectivity index (χ0n) is 13.1. The highest BCUT2D eigenvalue weighted by molar-refractivity contribution is 5.92. The number of likely N-dealkylation sites (tertiary alicyclic amines) is 1. The Balaban J connectivity index is 1.74. The summed E-state index contributed by atoms with van der Waals surface area (Å²) >= 11 is 0. The van der Waals surface area contributed by atoms with Gasteiger partial charge in [0.05, 0.1) is 12.8 Å². The molecule has 2 saturated heterocycles. The standard InChI is InChI=1S/C16H24N4O2/c1-19-7-2-14(3-8-19)20(11-13-4-9-22-12-13)16(21)15-10-17-5-6-18-15/h5-6,10,13-14H,2-4,7-9,11-12H2,1H3. The van der Waals surface area contributed by atoms with Crippen LogP contribution >= 0.6 is 0 Å². The van der Waals surface area contributed by atoms with Crippen LogP contribution in [0.4, 0.5) is 0 Å². The van der Waals surface area contributed by atoms with Crippen molar-refractivity contribution in [2.24, 2.45) is 5.92 Å². The van der Waals surface area contributed by atoms with Crippen LogP contribution in [0.1, 0.15) is 29.8 Å². The highest BCUT2D eigenvalue weighted by Crippen LogP contribution is 2.22. The highest BCUT2D eigenvalue weighted by atomic mass is 16.5. The van der Waals surface area contributed by atoms with Gasteiger partial charge in [-0.05, 0) is 39.4 Å². The number of ether oxygens (including phenoxy) is 1. The van der Waals surface area contributed by atoms with Crippen LogP contribution in [0.25, 0.3) is 0 Å². The van der Waals surface area contributed by atoms with Crippen molar-refractivity contribution in [1.29, 1.82) is 0 Å². The minimum Gasteiger partial charge on any atom is -0.381 e. The topological polar surface area (TPSA) is 58.6 Å². The van der Waals surface area contributed by atoms with Crippen LogP contribution < -0.4 is 0 Å². The highest BCUT2D eigenvalue weighted by Gasteiger charge is 2.31. The fourth-order valence-corrected chi connectivity index (χ4v) is 3.27. The van der Waals surface area contributed by atoms with Gasteiger partial charge in [-0.3, -0.25) is 9.78 Å². The third-order valence-corrected chi connectivity index (χ3v) is 4.65. The largest absolute Gasteiger partial charge is 0.381 e. The minimum atomic E-state index is 0.00885. The number of carbonyl (C=O) groups is 1. The van der Waals surface area contributed by atoms with Gasteiger partial charge >= 0.3 is 0 Å². The van der Waals surface area contributed by atoms with Gasteiger partial charge in [-0.25, -0.2) is 4.98 Å². The molecule has 1 aromatic heterocycles. The molecular formula is C16H24N4O2. The average molecular weight is 304 g/mol. The van der Waals surface area contributed by atoms with Crippen LogP contribution in [-0.2, 0) is 4.74 Å². The molecule has 22 heavy (non-hydrogen) atoms. The molecule has 2 aliphatic heterocycles. The first-order valence-corrected chi connectivity index (χ1v) is 8.07. The normalized spacial score (nSPS) is 23.6. The summed E-state index contributed by atoms with van der Waals surface area (Å²) in [7, 11) is 2.13. The molecule has 1 aromatic rings. The Morgan fingerprint density at radius 1 is 1.36 bits per heavy atom. The number of rotatable bonds is 4. The van der Waals surface area contributed by atoms with Crippen molar-refractivity contribution >= 4 is 5.91 Å². The minimum absolute atomic E-state index is 0.00885. The number of hydrogen-bond donors (Lipinski definition) is 0. The lowest BCUT2D eigenvalue weighted by Crippen LogP contribution is -2.48. The maximum Gasteiger partial charge on any atom is 0.274 e. The van der Waals surface area contributed by atoms with Crippen LogP contribution in [-0.4, -0.2) is 71.6 Å². The molecule has 0 spiro atoms. The van der Waals surface area contributed by atoms with E-state index in [0.29, 0.717) is 17.7 Å². The van der Waals surface area contributed by atoms with E-state index >= 15 is 0 Å². The maximum absolute atomic E-state index is 12.9. The lowest BCUT2D eigenvalue weighted by Gasteiger charge is -2.38. The Hall–Kier alpha value is -1.53. The zero-order valence-corrected chi connectivity index (χ0v) is 13.1. The van der Waals surface area contributed by atoms with E-state index in [1.165, 1.54) is 0 Å². The molecule has 3 heterocycles. The van der Waals surface area contributed by atoms with E-state index < -0.39 is 0 Å². The number of amides is 1. The lowest BCUT2D eigenvalue weighted by atomic mass is 10.00. The fourth-order valence-electron chi connectivity index (χ4n) is 3.27. The Morgan fingerprint density at radius 3 is 2.82 bits per heavy atom. The molecule has 120 valence electrons. The maximum atomic E-state index is 12.9. The number of piperidine rings is 1. The predicted molar refractivity (Wildman–Crippen MR) is 82.5 cm³/mol. The molecule has 6 nitrogen and oxygen atoms in total. The molecule has 2 fully saturated rings. The molecule has 0 N–H and O–H groups in total. The van der Waals surface area contributed by atoms with E-state index in [4.69, 9.17) is 4.74 Å². The molecule has 2 aliphatic rings. The summed E-state index contributed by atoms with van der Waals surface area (Å²) in [6.07, 6.45) is 7.83. The predicted octanol–water partition coefficient (Wildman–Crippen LogP) is 1.05. The van der Waals surface area contributed by atoms with Crippen LogP contribution in [0.5, 0.6) is 0 Å². The van der Waals surface area contributed by atoms with Gasteiger partial charge in [0.15, 0.2) is 0 Å². The molecule has 1 unspecified atom stereocenters. The van der Waals surface area contributed by atoms with Gasteiger partial charge in [-0.15, -0.1) is 0 Å². The SMILES string of the molecule is CN1CCC(N(CC2CCOC2)C(=O)c2cnccn2)CC1. The van der Waals surface area contributed by atoms with Crippen LogP contribution in [0.3, 0.4) is 0 Å². The van der Waals surface area contributed by atoms with Crippen molar-refractivity contribution in [2.45, 2.75) is 25.3 Å². The first-order chi connectivity index (χ1) is 10.7. The van der Waals surface area contributed by atoms with E-state index in [9.17, 15) is 4.79 Å². The van der Waals surface area contributed by atoms with E-state index in [0.717, 1.165) is 52.1 Å². The van der Waals surface area contributed by atoms with Gasteiger partial charge in [-0.1, -0.05) is 0 Å². The molecule has 0 aromatic carbocycles. The van der Waals surface area contributed by atoms with Crippen molar-refractivity contribution in [3.8, 4) is 0 Å². The smallest absolute Gasteiger partial charge is 0.274 e. The monoisotopic (exact) mass is 304 g/mol. The second-order valence-corrected chi connectivity index (χ2v) is 6.31. The molecule has 6 heteroatoms. The van der Waals surface area contributed by atoms with Crippen LogP contribution in [0, 0.1) is 5.92 Å². The Labute approximate surface area is 131 Å². The molecule has 0 aliphatic carbocycles. The third-order valence-electron chi connectivity index (χ3n) is 4.65. The Kier molecular flexibility index (Phi) is 5.00. The van der Waals surface area contributed by atoms with Gasteiger partial charge in [-0.2, -0.15) is 0 Å². The quantitative estimate of drug-likeness (QED) is 0.832. The van der Waals surface area contributed by atoms with Gasteiger partial charge < -0.3 is 14.5 Å². The Morgan fingerprint density at radius 2 is 2.18 bits per heavy atom. The van der Waals surface area contributed by atoms with Crippen LogP contribution in [0.2, 0.25) is 0 Å².